The van der Waals surface area contributed by atoms with Gasteiger partial charge < -0.3 is 62.2 Å². The monoisotopic (exact) mass is 835 g/mol. The van der Waals surface area contributed by atoms with E-state index in [2.05, 4.69) is 41.7 Å². The van der Waals surface area contributed by atoms with E-state index < -0.39 is 0 Å². The molecule has 0 spiro atoms. The molecule has 4 aromatic carbocycles. The lowest BCUT2D eigenvalue weighted by atomic mass is 10.1. The molecular formula is C46H61NO13. The van der Waals surface area contributed by atoms with Gasteiger partial charge in [-0.1, -0.05) is 60.7 Å². The summed E-state index contributed by atoms with van der Waals surface area (Å²) in [6, 6.07) is 25.5. The maximum Gasteiger partial charge on any atom is 0.255 e. The van der Waals surface area contributed by atoms with Crippen LogP contribution in [0.4, 0.5) is 5.69 Å². The van der Waals surface area contributed by atoms with Gasteiger partial charge in [0.05, 0.1) is 99.1 Å². The highest BCUT2D eigenvalue weighted by Gasteiger charge is 2.20. The molecule has 0 unspecified atom stereocenters. The van der Waals surface area contributed by atoms with Crippen LogP contribution in [-0.4, -0.2) is 146 Å². The van der Waals surface area contributed by atoms with Gasteiger partial charge in [0.15, 0.2) is 11.5 Å². The highest BCUT2D eigenvalue weighted by atomic mass is 16.6. The van der Waals surface area contributed by atoms with Crippen molar-refractivity contribution in [1.82, 2.24) is 0 Å². The third-order valence-corrected chi connectivity index (χ3v) is 8.55. The standard InChI is InChI=1S/C46H61NO13/c1-49-16-19-52-22-25-55-28-31-58-43-35-41(46(48)47-42-14-11-37(12-15-42)8-9-38-10-13-39-6-4-5-7-40(39)34-38)36-44(59-32-29-56-26-23-53-20-17-50-2)45(43)60-33-30-57-27-24-54-21-18-51-3/h4-15,34-36H,16-33H2,1-3H3,(H,47,48)/b9-8+. The first-order chi connectivity index (χ1) is 29.6. The molecule has 0 aliphatic heterocycles. The Morgan fingerprint density at radius 2 is 0.867 bits per heavy atom. The maximum absolute atomic E-state index is 13.8. The van der Waals surface area contributed by atoms with Gasteiger partial charge in [-0.25, -0.2) is 0 Å². The van der Waals surface area contributed by atoms with Crippen molar-refractivity contribution in [1.29, 1.82) is 0 Å². The summed E-state index contributed by atoms with van der Waals surface area (Å²) in [5.41, 5.74) is 3.02. The zero-order valence-electron chi connectivity index (χ0n) is 35.2. The molecule has 0 atom stereocenters. The second-order valence-corrected chi connectivity index (χ2v) is 13.0. The number of amides is 1. The van der Waals surface area contributed by atoms with Crippen molar-refractivity contribution >= 4 is 34.5 Å². The number of fused-ring (bicyclic) bond motifs is 1. The van der Waals surface area contributed by atoms with E-state index in [4.69, 9.17) is 56.8 Å². The van der Waals surface area contributed by atoms with E-state index in [-0.39, 0.29) is 45.5 Å². The predicted molar refractivity (Wildman–Crippen MR) is 231 cm³/mol. The van der Waals surface area contributed by atoms with Gasteiger partial charge in [0, 0.05) is 32.6 Å². The van der Waals surface area contributed by atoms with Crippen molar-refractivity contribution in [2.75, 3.05) is 146 Å². The molecule has 0 aliphatic carbocycles. The van der Waals surface area contributed by atoms with E-state index in [1.165, 1.54) is 10.8 Å². The van der Waals surface area contributed by atoms with Crippen LogP contribution in [0.1, 0.15) is 21.5 Å². The van der Waals surface area contributed by atoms with E-state index in [1.807, 2.05) is 42.5 Å². The van der Waals surface area contributed by atoms with Gasteiger partial charge in [-0.05, 0) is 52.2 Å². The third-order valence-electron chi connectivity index (χ3n) is 8.55. The minimum Gasteiger partial charge on any atom is -0.487 e. The fourth-order valence-corrected chi connectivity index (χ4v) is 5.47. The molecule has 328 valence electrons. The molecule has 1 N–H and O–H groups in total. The first-order valence-corrected chi connectivity index (χ1v) is 20.2. The molecule has 0 heterocycles. The van der Waals surface area contributed by atoms with Crippen LogP contribution in [0.3, 0.4) is 0 Å². The van der Waals surface area contributed by atoms with Crippen molar-refractivity contribution in [3.63, 3.8) is 0 Å². The van der Waals surface area contributed by atoms with Crippen LogP contribution in [0.25, 0.3) is 22.9 Å². The van der Waals surface area contributed by atoms with Crippen LogP contribution in [0.5, 0.6) is 17.2 Å². The van der Waals surface area contributed by atoms with Gasteiger partial charge >= 0.3 is 0 Å². The number of carbonyl (C=O) groups excluding carboxylic acids is 1. The Hall–Kier alpha value is -4.61. The van der Waals surface area contributed by atoms with Crippen LogP contribution < -0.4 is 19.5 Å². The molecule has 60 heavy (non-hydrogen) atoms. The molecule has 4 rings (SSSR count). The Balaban J connectivity index is 1.44. The van der Waals surface area contributed by atoms with Crippen molar-refractivity contribution in [2.45, 2.75) is 0 Å². The second kappa shape index (κ2) is 30.4. The van der Waals surface area contributed by atoms with E-state index in [0.29, 0.717) is 108 Å². The largest absolute Gasteiger partial charge is 0.487 e. The average molecular weight is 836 g/mol. The van der Waals surface area contributed by atoms with E-state index >= 15 is 0 Å². The molecule has 0 saturated heterocycles. The Morgan fingerprint density at radius 1 is 0.450 bits per heavy atom. The van der Waals surface area contributed by atoms with Crippen LogP contribution in [0.15, 0.2) is 78.9 Å². The van der Waals surface area contributed by atoms with E-state index in [1.54, 1.807) is 33.5 Å². The normalized spacial score (nSPS) is 11.4. The number of hydrogen-bond donors (Lipinski definition) is 1. The molecule has 4 aromatic rings. The summed E-state index contributed by atoms with van der Waals surface area (Å²) in [7, 11) is 4.87. The number of benzene rings is 4. The molecule has 0 aromatic heterocycles. The summed E-state index contributed by atoms with van der Waals surface area (Å²) in [5, 5.41) is 5.38. The van der Waals surface area contributed by atoms with Crippen LogP contribution in [0.2, 0.25) is 0 Å². The first kappa shape index (κ1) is 48.1. The predicted octanol–water partition coefficient (Wildman–Crippen LogP) is 6.44. The second-order valence-electron chi connectivity index (χ2n) is 13.0. The smallest absolute Gasteiger partial charge is 0.255 e. The fraction of sp³-hybridized carbons (Fsp3) is 0.457. The van der Waals surface area contributed by atoms with Crippen LogP contribution in [-0.2, 0) is 42.6 Å². The lowest BCUT2D eigenvalue weighted by Gasteiger charge is -2.19. The molecule has 0 fully saturated rings. The number of ether oxygens (including phenoxy) is 12. The van der Waals surface area contributed by atoms with Crippen molar-refractivity contribution in [3.8, 4) is 17.2 Å². The van der Waals surface area contributed by atoms with Crippen molar-refractivity contribution < 1.29 is 61.6 Å². The van der Waals surface area contributed by atoms with Gasteiger partial charge in [0.25, 0.3) is 5.91 Å². The fourth-order valence-electron chi connectivity index (χ4n) is 5.47. The summed E-state index contributed by atoms with van der Waals surface area (Å²) >= 11 is 0. The molecule has 0 aliphatic rings. The number of carbonyl (C=O) groups is 1. The number of rotatable bonds is 34. The number of anilines is 1. The minimum atomic E-state index is -0.360. The van der Waals surface area contributed by atoms with Crippen LogP contribution in [0, 0.1) is 0 Å². The Kier molecular flexibility index (Phi) is 24.4. The topological polar surface area (TPSA) is 140 Å². The highest BCUT2D eigenvalue weighted by Crippen LogP contribution is 2.39. The van der Waals surface area contributed by atoms with Crippen molar-refractivity contribution in [3.05, 3.63) is 95.6 Å². The van der Waals surface area contributed by atoms with E-state index in [0.717, 1.165) is 11.1 Å². The number of methoxy groups -OCH3 is 3. The van der Waals surface area contributed by atoms with Gasteiger partial charge in [-0.15, -0.1) is 0 Å². The molecule has 0 bridgehead atoms. The zero-order valence-corrected chi connectivity index (χ0v) is 35.2. The third kappa shape index (κ3) is 19.2. The summed E-state index contributed by atoms with van der Waals surface area (Å²) in [4.78, 5) is 13.8. The van der Waals surface area contributed by atoms with Gasteiger partial charge in [-0.2, -0.15) is 0 Å². The molecule has 0 saturated carbocycles. The maximum atomic E-state index is 13.8. The SMILES string of the molecule is COCCOCCOCCOc1cc(C(=O)Nc2ccc(/C=C/c3ccc4ccccc4c3)cc2)cc(OCCOCCOCCOC)c1OCCOCCOCCOC. The lowest BCUT2D eigenvalue weighted by Crippen LogP contribution is -2.17. The zero-order chi connectivity index (χ0) is 42.3. The quantitative estimate of drug-likeness (QED) is 0.0409. The average Bonchev–Trinajstić information content (AvgIpc) is 3.27. The summed E-state index contributed by atoms with van der Waals surface area (Å²) in [5.74, 6) is 0.575. The molecule has 0 radical (unpaired) electrons. The Bertz CT molecular complexity index is 1740. The van der Waals surface area contributed by atoms with Gasteiger partial charge in [0.2, 0.25) is 5.75 Å². The highest BCUT2D eigenvalue weighted by molar-refractivity contribution is 6.05. The minimum absolute atomic E-state index is 0.175. The van der Waals surface area contributed by atoms with Crippen molar-refractivity contribution in [2.24, 2.45) is 0 Å². The van der Waals surface area contributed by atoms with Crippen LogP contribution >= 0.6 is 0 Å². The summed E-state index contributed by atoms with van der Waals surface area (Å²) < 4.78 is 67.1. The molecule has 14 nitrogen and oxygen atoms in total. The Morgan fingerprint density at radius 3 is 1.37 bits per heavy atom. The lowest BCUT2D eigenvalue weighted by molar-refractivity contribution is 0.0146. The summed E-state index contributed by atoms with van der Waals surface area (Å²) in [6.07, 6.45) is 4.11. The first-order valence-electron chi connectivity index (χ1n) is 20.2. The Labute approximate surface area is 353 Å². The number of hydrogen-bond acceptors (Lipinski definition) is 13. The molecular weight excluding hydrogens is 775 g/mol. The summed E-state index contributed by atoms with van der Waals surface area (Å²) in [6.45, 7) is 6.78. The number of nitrogens with one attached hydrogen (secondary N) is 1. The molecule has 14 heteroatoms. The van der Waals surface area contributed by atoms with Gasteiger partial charge in [-0.3, -0.25) is 4.79 Å². The van der Waals surface area contributed by atoms with E-state index in [9.17, 15) is 4.79 Å². The van der Waals surface area contributed by atoms with Gasteiger partial charge in [0.1, 0.15) is 19.8 Å². The molecule has 1 amide bonds.